The zero-order chi connectivity index (χ0) is 16.5. The quantitative estimate of drug-likeness (QED) is 0.515. The van der Waals surface area contributed by atoms with E-state index in [1.165, 1.54) is 0 Å². The number of carbonyl (C=O) groups is 1. The molecule has 0 unspecified atom stereocenters. The summed E-state index contributed by atoms with van der Waals surface area (Å²) in [6.45, 7) is 0.642. The Kier molecular flexibility index (Phi) is 6.74. The number of hydrogen-bond acceptors (Lipinski definition) is 3. The summed E-state index contributed by atoms with van der Waals surface area (Å²) in [4.78, 5) is 15.4. The van der Waals surface area contributed by atoms with Gasteiger partial charge in [-0.25, -0.2) is 9.78 Å². The van der Waals surface area contributed by atoms with E-state index in [1.54, 1.807) is 12.3 Å². The van der Waals surface area contributed by atoms with Gasteiger partial charge in [-0.15, -0.1) is 0 Å². The fraction of sp³-hybridized carbons (Fsp3) is 0.176. The highest BCUT2D eigenvalue weighted by atomic mass is 35.5. The summed E-state index contributed by atoms with van der Waals surface area (Å²) in [5.41, 5.74) is 1.61. The summed E-state index contributed by atoms with van der Waals surface area (Å²) in [6, 6.07) is 11.1. The minimum atomic E-state index is -0.466. The van der Waals surface area contributed by atoms with Crippen LogP contribution in [-0.2, 0) is 11.3 Å². The number of hydrogen-bond donors (Lipinski definition) is 1. The first-order valence-electron chi connectivity index (χ1n) is 6.89. The van der Waals surface area contributed by atoms with Gasteiger partial charge in [0.15, 0.2) is 0 Å². The molecule has 2 aromatic rings. The van der Waals surface area contributed by atoms with Crippen molar-refractivity contribution < 1.29 is 9.53 Å². The van der Waals surface area contributed by atoms with E-state index in [4.69, 9.17) is 27.9 Å². The molecule has 6 heteroatoms. The molecule has 118 valence electrons. The van der Waals surface area contributed by atoms with Gasteiger partial charge < -0.3 is 10.1 Å². The summed E-state index contributed by atoms with van der Waals surface area (Å²) in [6.07, 6.45) is 1.57. The number of halogens is 2. The van der Waals surface area contributed by atoms with Crippen molar-refractivity contribution in [3.8, 4) is 11.8 Å². The number of benzene rings is 1. The van der Waals surface area contributed by atoms with Gasteiger partial charge in [-0.1, -0.05) is 65.4 Å². The SMILES string of the molecule is O=C(NCCC#Cc1cnc(Cl)c(Cl)c1)OCc1ccccc1. The zero-order valence-electron chi connectivity index (χ0n) is 12.2. The summed E-state index contributed by atoms with van der Waals surface area (Å²) in [5.74, 6) is 5.81. The van der Waals surface area contributed by atoms with Crippen molar-refractivity contribution in [3.63, 3.8) is 0 Å². The van der Waals surface area contributed by atoms with Gasteiger partial charge in [-0.3, -0.25) is 0 Å². The second kappa shape index (κ2) is 9.04. The molecule has 0 fully saturated rings. The van der Waals surface area contributed by atoms with Crippen LogP contribution in [0.3, 0.4) is 0 Å². The van der Waals surface area contributed by atoms with E-state index < -0.39 is 6.09 Å². The van der Waals surface area contributed by atoms with Gasteiger partial charge in [0.2, 0.25) is 0 Å². The van der Waals surface area contributed by atoms with E-state index in [0.717, 1.165) is 5.56 Å². The number of nitrogens with zero attached hydrogens (tertiary/aromatic N) is 1. The number of nitrogens with one attached hydrogen (secondary N) is 1. The molecule has 0 aliphatic carbocycles. The molecule has 0 saturated heterocycles. The van der Waals surface area contributed by atoms with Gasteiger partial charge in [0.05, 0.1) is 5.02 Å². The smallest absolute Gasteiger partial charge is 0.407 e. The second-order valence-corrected chi connectivity index (χ2v) is 5.30. The molecule has 4 nitrogen and oxygen atoms in total. The van der Waals surface area contributed by atoms with Crippen LogP contribution >= 0.6 is 23.2 Å². The van der Waals surface area contributed by atoms with Crippen molar-refractivity contribution in [1.82, 2.24) is 10.3 Å². The Bertz CT molecular complexity index is 724. The molecule has 0 spiro atoms. The van der Waals surface area contributed by atoms with Crippen LogP contribution in [0.25, 0.3) is 0 Å². The molecule has 0 aliphatic heterocycles. The average molecular weight is 349 g/mol. The highest BCUT2D eigenvalue weighted by Gasteiger charge is 2.01. The lowest BCUT2D eigenvalue weighted by atomic mass is 10.2. The Morgan fingerprint density at radius 3 is 2.78 bits per heavy atom. The number of pyridine rings is 1. The maximum Gasteiger partial charge on any atom is 0.407 e. The third-order valence-corrected chi connectivity index (χ3v) is 3.45. The molecular formula is C17H14Cl2N2O2. The number of carbonyl (C=O) groups excluding carboxylic acids is 1. The Labute approximate surface area is 144 Å². The van der Waals surface area contributed by atoms with Gasteiger partial charge in [-0.05, 0) is 11.6 Å². The van der Waals surface area contributed by atoms with Gasteiger partial charge in [0.25, 0.3) is 0 Å². The first-order chi connectivity index (χ1) is 11.1. The predicted molar refractivity (Wildman–Crippen MR) is 90.4 cm³/mol. The lowest BCUT2D eigenvalue weighted by molar-refractivity contribution is 0.140. The first kappa shape index (κ1) is 17.1. The molecule has 2 rings (SSSR count). The fourth-order valence-electron chi connectivity index (χ4n) is 1.66. The van der Waals surface area contributed by atoms with Crippen LogP contribution in [0, 0.1) is 11.8 Å². The number of alkyl carbamates (subject to hydrolysis) is 1. The molecule has 0 atom stereocenters. The van der Waals surface area contributed by atoms with E-state index in [1.807, 2.05) is 30.3 Å². The van der Waals surface area contributed by atoms with Crippen molar-refractivity contribution in [2.45, 2.75) is 13.0 Å². The molecule has 0 saturated carbocycles. The van der Waals surface area contributed by atoms with Crippen LogP contribution < -0.4 is 5.32 Å². The van der Waals surface area contributed by atoms with Crippen LogP contribution in [0.5, 0.6) is 0 Å². The number of amides is 1. The fourth-order valence-corrected chi connectivity index (χ4v) is 1.93. The van der Waals surface area contributed by atoms with Crippen LogP contribution in [0.2, 0.25) is 10.2 Å². The van der Waals surface area contributed by atoms with Crippen molar-refractivity contribution in [2.24, 2.45) is 0 Å². The maximum atomic E-state index is 11.5. The third kappa shape index (κ3) is 6.19. The lowest BCUT2D eigenvalue weighted by Crippen LogP contribution is -2.24. The summed E-state index contributed by atoms with van der Waals surface area (Å²) >= 11 is 11.6. The largest absolute Gasteiger partial charge is 0.445 e. The molecule has 23 heavy (non-hydrogen) atoms. The van der Waals surface area contributed by atoms with Gasteiger partial charge in [-0.2, -0.15) is 0 Å². The molecule has 1 N–H and O–H groups in total. The maximum absolute atomic E-state index is 11.5. The highest BCUT2D eigenvalue weighted by molar-refractivity contribution is 6.41. The topological polar surface area (TPSA) is 51.2 Å². The van der Waals surface area contributed by atoms with E-state index in [-0.39, 0.29) is 11.8 Å². The van der Waals surface area contributed by atoms with Gasteiger partial charge in [0.1, 0.15) is 11.8 Å². The van der Waals surface area contributed by atoms with E-state index >= 15 is 0 Å². The molecule has 0 aliphatic rings. The molecule has 0 bridgehead atoms. The van der Waals surface area contributed by atoms with Crippen molar-refractivity contribution in [2.75, 3.05) is 6.54 Å². The zero-order valence-corrected chi connectivity index (χ0v) is 13.7. The lowest BCUT2D eigenvalue weighted by Gasteiger charge is -2.05. The summed E-state index contributed by atoms with van der Waals surface area (Å²) < 4.78 is 5.08. The minimum absolute atomic E-state index is 0.243. The number of ether oxygens (including phenoxy) is 1. The van der Waals surface area contributed by atoms with Crippen LogP contribution in [0.4, 0.5) is 4.79 Å². The minimum Gasteiger partial charge on any atom is -0.445 e. The molecular weight excluding hydrogens is 335 g/mol. The standard InChI is InChI=1S/C17H14Cl2N2O2/c18-15-10-14(11-21-16(15)19)8-4-5-9-20-17(22)23-12-13-6-2-1-3-7-13/h1-3,6-7,10-11H,5,9,12H2,(H,20,22). The van der Waals surface area contributed by atoms with Crippen LogP contribution in [0.15, 0.2) is 42.6 Å². The van der Waals surface area contributed by atoms with Crippen molar-refractivity contribution >= 4 is 29.3 Å². The van der Waals surface area contributed by atoms with Gasteiger partial charge in [0, 0.05) is 24.7 Å². The predicted octanol–water partition coefficient (Wildman–Crippen LogP) is 4.06. The normalized spacial score (nSPS) is 9.65. The molecule has 1 heterocycles. The van der Waals surface area contributed by atoms with Crippen molar-refractivity contribution in [1.29, 1.82) is 0 Å². The monoisotopic (exact) mass is 348 g/mol. The van der Waals surface area contributed by atoms with E-state index in [0.29, 0.717) is 23.6 Å². The number of aromatic nitrogens is 1. The Hall–Kier alpha value is -2.22. The van der Waals surface area contributed by atoms with Crippen molar-refractivity contribution in [3.05, 3.63) is 63.9 Å². The summed E-state index contributed by atoms with van der Waals surface area (Å²) in [5, 5.41) is 3.25. The molecule has 0 radical (unpaired) electrons. The Balaban J connectivity index is 1.68. The molecule has 1 amide bonds. The van der Waals surface area contributed by atoms with Crippen LogP contribution in [0.1, 0.15) is 17.5 Å². The second-order valence-electron chi connectivity index (χ2n) is 4.54. The average Bonchev–Trinajstić information content (AvgIpc) is 2.57. The molecule has 1 aromatic heterocycles. The Morgan fingerprint density at radius 2 is 2.04 bits per heavy atom. The first-order valence-corrected chi connectivity index (χ1v) is 7.65. The Morgan fingerprint density at radius 1 is 1.26 bits per heavy atom. The van der Waals surface area contributed by atoms with Gasteiger partial charge >= 0.3 is 6.09 Å². The van der Waals surface area contributed by atoms with Crippen LogP contribution in [-0.4, -0.2) is 17.6 Å². The third-order valence-electron chi connectivity index (χ3n) is 2.76. The number of rotatable bonds is 4. The molecule has 1 aromatic carbocycles. The van der Waals surface area contributed by atoms with E-state index in [9.17, 15) is 4.79 Å². The highest BCUT2D eigenvalue weighted by Crippen LogP contribution is 2.19. The van der Waals surface area contributed by atoms with E-state index in [2.05, 4.69) is 22.1 Å². The summed E-state index contributed by atoms with van der Waals surface area (Å²) in [7, 11) is 0.